The van der Waals surface area contributed by atoms with E-state index in [1.54, 1.807) is 5.38 Å². The number of amides is 1. The van der Waals surface area contributed by atoms with Gasteiger partial charge in [0, 0.05) is 30.1 Å². The Balaban J connectivity index is 2.23. The molecule has 2 heterocycles. The maximum Gasteiger partial charge on any atom is 0.256 e. The molecule has 0 spiro atoms. The Morgan fingerprint density at radius 1 is 1.32 bits per heavy atom. The number of nitrogens with zero attached hydrogens (tertiary/aromatic N) is 1. The van der Waals surface area contributed by atoms with Crippen molar-refractivity contribution in [3.63, 3.8) is 0 Å². The highest BCUT2D eigenvalue weighted by atomic mass is 32.2. The van der Waals surface area contributed by atoms with Crippen LogP contribution in [0.4, 0.5) is 5.00 Å². The monoisotopic (exact) mass is 338 g/mol. The van der Waals surface area contributed by atoms with Gasteiger partial charge in [-0.15, -0.1) is 11.3 Å². The van der Waals surface area contributed by atoms with Crippen LogP contribution in [0.5, 0.6) is 0 Å². The molecular formula is C14H14N2O4S2. The maximum absolute atomic E-state index is 12.2. The van der Waals surface area contributed by atoms with Crippen LogP contribution in [-0.4, -0.2) is 31.3 Å². The molecule has 22 heavy (non-hydrogen) atoms. The summed E-state index contributed by atoms with van der Waals surface area (Å²) in [6.45, 7) is 1.44. The van der Waals surface area contributed by atoms with E-state index in [-0.39, 0.29) is 22.1 Å². The quantitative estimate of drug-likeness (QED) is 0.899. The lowest BCUT2D eigenvalue weighted by atomic mass is 10.1. The van der Waals surface area contributed by atoms with Crippen molar-refractivity contribution in [2.24, 2.45) is 0 Å². The van der Waals surface area contributed by atoms with Crippen LogP contribution in [0.2, 0.25) is 0 Å². The molecule has 1 N–H and O–H groups in total. The molecule has 0 radical (unpaired) electrons. The fraction of sp³-hybridized carbons (Fsp3) is 0.214. The molecule has 116 valence electrons. The first kappa shape index (κ1) is 16.3. The number of thiophene rings is 1. The minimum absolute atomic E-state index is 0.0531. The van der Waals surface area contributed by atoms with Crippen molar-refractivity contribution in [3.05, 3.63) is 41.0 Å². The lowest BCUT2D eigenvalue weighted by Gasteiger charge is -2.06. The van der Waals surface area contributed by atoms with E-state index in [9.17, 15) is 18.0 Å². The zero-order chi connectivity index (χ0) is 16.3. The van der Waals surface area contributed by atoms with Gasteiger partial charge in [0.15, 0.2) is 9.84 Å². The van der Waals surface area contributed by atoms with E-state index >= 15 is 0 Å². The van der Waals surface area contributed by atoms with Gasteiger partial charge >= 0.3 is 0 Å². The van der Waals surface area contributed by atoms with Crippen LogP contribution in [0.1, 0.15) is 23.0 Å². The van der Waals surface area contributed by atoms with Crippen LogP contribution in [0, 0.1) is 0 Å². The molecule has 2 aromatic rings. The molecule has 0 bridgehead atoms. The minimum atomic E-state index is -3.40. The SMILES string of the molecule is CC(=O)Cc1cc(C(=O)Nc2sccc2S(C)(=O)=O)ccn1. The number of sulfone groups is 1. The fourth-order valence-corrected chi connectivity index (χ4v) is 3.89. The number of hydrogen-bond donors (Lipinski definition) is 1. The number of aromatic nitrogens is 1. The third-order valence-corrected chi connectivity index (χ3v) is 4.86. The average Bonchev–Trinajstić information content (AvgIpc) is 2.86. The van der Waals surface area contributed by atoms with Gasteiger partial charge < -0.3 is 5.32 Å². The number of nitrogens with one attached hydrogen (secondary N) is 1. The van der Waals surface area contributed by atoms with E-state index in [4.69, 9.17) is 0 Å². The van der Waals surface area contributed by atoms with Gasteiger partial charge in [0.25, 0.3) is 5.91 Å². The molecule has 0 atom stereocenters. The molecular weight excluding hydrogens is 324 g/mol. The highest BCUT2D eigenvalue weighted by Gasteiger charge is 2.17. The zero-order valence-electron chi connectivity index (χ0n) is 12.0. The van der Waals surface area contributed by atoms with Gasteiger partial charge in [-0.3, -0.25) is 14.6 Å². The molecule has 0 saturated carbocycles. The van der Waals surface area contributed by atoms with Gasteiger partial charge in [-0.25, -0.2) is 8.42 Å². The lowest BCUT2D eigenvalue weighted by Crippen LogP contribution is -2.14. The second kappa shape index (κ2) is 6.37. The van der Waals surface area contributed by atoms with Crippen molar-refractivity contribution in [2.75, 3.05) is 11.6 Å². The summed E-state index contributed by atoms with van der Waals surface area (Å²) in [6.07, 6.45) is 2.68. The van der Waals surface area contributed by atoms with Gasteiger partial charge in [-0.2, -0.15) is 0 Å². The van der Waals surface area contributed by atoms with Crippen molar-refractivity contribution in [2.45, 2.75) is 18.2 Å². The first-order chi connectivity index (χ1) is 10.3. The first-order valence-electron chi connectivity index (χ1n) is 6.30. The van der Waals surface area contributed by atoms with Crippen LogP contribution in [0.3, 0.4) is 0 Å². The van der Waals surface area contributed by atoms with Gasteiger partial charge in [0.2, 0.25) is 0 Å². The smallest absolute Gasteiger partial charge is 0.256 e. The van der Waals surface area contributed by atoms with Crippen LogP contribution in [0.15, 0.2) is 34.7 Å². The number of carbonyl (C=O) groups excluding carboxylic acids is 2. The summed E-state index contributed by atoms with van der Waals surface area (Å²) < 4.78 is 23.2. The second-order valence-electron chi connectivity index (χ2n) is 4.75. The van der Waals surface area contributed by atoms with Gasteiger partial charge in [0.1, 0.15) is 15.7 Å². The second-order valence-corrected chi connectivity index (χ2v) is 7.66. The Morgan fingerprint density at radius 2 is 2.05 bits per heavy atom. The molecule has 6 nitrogen and oxygen atoms in total. The summed E-state index contributed by atoms with van der Waals surface area (Å²) in [5.74, 6) is -0.498. The van der Waals surface area contributed by atoms with Crippen molar-refractivity contribution in [1.29, 1.82) is 0 Å². The van der Waals surface area contributed by atoms with Gasteiger partial charge in [-0.1, -0.05) is 0 Å². The number of carbonyl (C=O) groups is 2. The highest BCUT2D eigenvalue weighted by Crippen LogP contribution is 2.28. The molecule has 8 heteroatoms. The maximum atomic E-state index is 12.2. The third kappa shape index (κ3) is 3.99. The molecule has 0 aromatic carbocycles. The minimum Gasteiger partial charge on any atom is -0.312 e. The molecule has 0 aliphatic carbocycles. The van der Waals surface area contributed by atoms with Crippen molar-refractivity contribution in [3.8, 4) is 0 Å². The Bertz CT molecular complexity index is 825. The molecule has 0 fully saturated rings. The normalized spacial score (nSPS) is 11.2. The molecule has 2 rings (SSSR count). The molecule has 0 unspecified atom stereocenters. The largest absolute Gasteiger partial charge is 0.312 e. The van der Waals surface area contributed by atoms with Crippen molar-refractivity contribution < 1.29 is 18.0 Å². The van der Waals surface area contributed by atoms with Gasteiger partial charge in [-0.05, 0) is 30.5 Å². The summed E-state index contributed by atoms with van der Waals surface area (Å²) in [7, 11) is -3.40. The summed E-state index contributed by atoms with van der Waals surface area (Å²) in [5.41, 5.74) is 0.814. The van der Waals surface area contributed by atoms with E-state index in [2.05, 4.69) is 10.3 Å². The van der Waals surface area contributed by atoms with E-state index in [0.29, 0.717) is 11.3 Å². The summed E-state index contributed by atoms with van der Waals surface area (Å²) in [5, 5.41) is 4.45. The number of anilines is 1. The molecule has 2 aromatic heterocycles. The van der Waals surface area contributed by atoms with Crippen LogP contribution < -0.4 is 5.32 Å². The predicted molar refractivity (Wildman–Crippen MR) is 84.0 cm³/mol. The topological polar surface area (TPSA) is 93.2 Å². The van der Waals surface area contributed by atoms with Crippen LogP contribution >= 0.6 is 11.3 Å². The van der Waals surface area contributed by atoms with E-state index in [1.807, 2.05) is 0 Å². The Hall–Kier alpha value is -2.06. The van der Waals surface area contributed by atoms with Crippen molar-refractivity contribution >= 4 is 37.9 Å². The molecule has 0 aliphatic heterocycles. The Morgan fingerprint density at radius 3 is 2.68 bits per heavy atom. The van der Waals surface area contributed by atoms with E-state index in [1.165, 1.54) is 31.3 Å². The number of rotatable bonds is 5. The predicted octanol–water partition coefficient (Wildman–Crippen LogP) is 1.93. The summed E-state index contributed by atoms with van der Waals surface area (Å²) in [4.78, 5) is 27.4. The lowest BCUT2D eigenvalue weighted by molar-refractivity contribution is -0.116. The zero-order valence-corrected chi connectivity index (χ0v) is 13.6. The van der Waals surface area contributed by atoms with Gasteiger partial charge in [0.05, 0.1) is 0 Å². The average molecular weight is 338 g/mol. The number of Topliss-reactive ketones (excluding diaryl/α,β-unsaturated/α-hetero) is 1. The standard InChI is InChI=1S/C14H14N2O4S2/c1-9(17)7-11-8-10(3-5-15-11)13(18)16-14-12(4-6-21-14)22(2,19)20/h3-6,8H,7H2,1-2H3,(H,16,18). The third-order valence-electron chi connectivity index (χ3n) is 2.76. The van der Waals surface area contributed by atoms with Crippen LogP contribution in [-0.2, 0) is 21.1 Å². The highest BCUT2D eigenvalue weighted by molar-refractivity contribution is 7.91. The molecule has 0 saturated heterocycles. The van der Waals surface area contributed by atoms with Crippen molar-refractivity contribution in [1.82, 2.24) is 4.98 Å². The summed E-state index contributed by atoms with van der Waals surface area (Å²) >= 11 is 1.13. The Labute approximate surface area is 132 Å². The summed E-state index contributed by atoms with van der Waals surface area (Å²) in [6, 6.07) is 4.47. The molecule has 1 amide bonds. The first-order valence-corrected chi connectivity index (χ1v) is 9.08. The fourth-order valence-electron chi connectivity index (χ4n) is 1.83. The molecule has 0 aliphatic rings. The number of hydrogen-bond acceptors (Lipinski definition) is 6. The Kier molecular flexibility index (Phi) is 4.72. The number of pyridine rings is 1. The number of ketones is 1. The van der Waals surface area contributed by atoms with E-state index in [0.717, 1.165) is 17.6 Å². The van der Waals surface area contributed by atoms with E-state index < -0.39 is 15.7 Å². The van der Waals surface area contributed by atoms with Crippen LogP contribution in [0.25, 0.3) is 0 Å².